The number of ether oxygens (including phenoxy) is 1. The first-order valence-electron chi connectivity index (χ1n) is 8.62. The Morgan fingerprint density at radius 3 is 2.85 bits per heavy atom. The fourth-order valence-electron chi connectivity index (χ4n) is 2.70. The number of allylic oxidation sites excluding steroid dienone is 2. The van der Waals surface area contributed by atoms with Crippen molar-refractivity contribution in [1.82, 2.24) is 14.9 Å². The zero-order chi connectivity index (χ0) is 20.0. The highest BCUT2D eigenvalue weighted by Gasteiger charge is 2.18. The first-order valence-corrected chi connectivity index (χ1v) is 8.62. The molecule has 0 saturated heterocycles. The van der Waals surface area contributed by atoms with Crippen LogP contribution in [0.15, 0.2) is 47.6 Å². The van der Waals surface area contributed by atoms with E-state index in [1.807, 2.05) is 31.4 Å². The van der Waals surface area contributed by atoms with Gasteiger partial charge in [-0.3, -0.25) is 14.8 Å². The van der Waals surface area contributed by atoms with Gasteiger partial charge in [0.25, 0.3) is 5.91 Å². The summed E-state index contributed by atoms with van der Waals surface area (Å²) in [5.74, 6) is 0.401. The molecule has 0 atom stereocenters. The van der Waals surface area contributed by atoms with Crippen LogP contribution in [0.4, 0.5) is 4.39 Å². The maximum atomic E-state index is 12.4. The van der Waals surface area contributed by atoms with Gasteiger partial charge in [-0.1, -0.05) is 6.58 Å². The normalized spacial score (nSPS) is 12.7. The predicted molar refractivity (Wildman–Crippen MR) is 106 cm³/mol. The number of aromatic nitrogens is 2. The number of alkyl halides is 1. The van der Waals surface area contributed by atoms with Crippen molar-refractivity contribution in [1.29, 1.82) is 0 Å². The van der Waals surface area contributed by atoms with Crippen LogP contribution in [-0.2, 0) is 11.3 Å². The molecule has 0 unspecified atom stereocenters. The minimum Gasteiger partial charge on any atom is -0.501 e. The molecule has 0 spiro atoms. The molecule has 0 saturated carbocycles. The number of hydrogen-bond donors (Lipinski definition) is 1. The van der Waals surface area contributed by atoms with Gasteiger partial charge < -0.3 is 14.6 Å². The minimum absolute atomic E-state index is 0.0323. The molecule has 0 aliphatic heterocycles. The lowest BCUT2D eigenvalue weighted by Crippen LogP contribution is -2.25. The molecule has 2 rings (SSSR count). The van der Waals surface area contributed by atoms with Crippen molar-refractivity contribution < 1.29 is 13.9 Å². The fraction of sp³-hybridized carbons (Fsp3) is 0.350. The summed E-state index contributed by atoms with van der Waals surface area (Å²) in [7, 11) is 1.61. The monoisotopic (exact) mass is 372 g/mol. The lowest BCUT2D eigenvalue weighted by Gasteiger charge is -2.12. The third kappa shape index (κ3) is 4.61. The number of pyridine rings is 1. The van der Waals surface area contributed by atoms with E-state index in [0.717, 1.165) is 28.1 Å². The van der Waals surface area contributed by atoms with Crippen LogP contribution in [0, 0.1) is 6.92 Å². The quantitative estimate of drug-likeness (QED) is 0.569. The molecule has 144 valence electrons. The van der Waals surface area contributed by atoms with Gasteiger partial charge in [0.15, 0.2) is 0 Å². The number of rotatable bonds is 8. The van der Waals surface area contributed by atoms with Crippen LogP contribution in [0.3, 0.4) is 0 Å². The Labute approximate surface area is 158 Å². The molecule has 27 heavy (non-hydrogen) atoms. The van der Waals surface area contributed by atoms with Gasteiger partial charge in [0.1, 0.15) is 12.2 Å². The van der Waals surface area contributed by atoms with Crippen LogP contribution in [0.2, 0.25) is 0 Å². The van der Waals surface area contributed by atoms with Crippen LogP contribution in [0.25, 0.3) is 11.0 Å². The summed E-state index contributed by atoms with van der Waals surface area (Å²) < 4.78 is 19.6. The number of nitrogens with one attached hydrogen (secondary N) is 1. The minimum atomic E-state index is -0.618. The van der Waals surface area contributed by atoms with E-state index in [-0.39, 0.29) is 12.5 Å². The molecule has 2 aromatic rings. The number of methoxy groups -OCH3 is 1. The lowest BCUT2D eigenvalue weighted by molar-refractivity contribution is 0.0952. The van der Waals surface area contributed by atoms with Crippen LogP contribution < -0.4 is 5.32 Å². The Balaban J connectivity index is 2.54. The van der Waals surface area contributed by atoms with E-state index in [4.69, 9.17) is 4.74 Å². The molecule has 2 heterocycles. The number of amides is 1. The number of nitrogens with zero attached hydrogens (tertiary/aromatic N) is 3. The maximum absolute atomic E-state index is 12.4. The molecule has 0 aromatic carbocycles. The average Bonchev–Trinajstić information content (AvgIpc) is 3.02. The summed E-state index contributed by atoms with van der Waals surface area (Å²) in [5, 5.41) is 2.55. The molecule has 0 bridgehead atoms. The Kier molecular flexibility index (Phi) is 6.87. The van der Waals surface area contributed by atoms with Crippen molar-refractivity contribution in [2.45, 2.75) is 27.3 Å². The Bertz CT molecular complexity index is 912. The van der Waals surface area contributed by atoms with E-state index >= 15 is 0 Å². The average molecular weight is 372 g/mol. The van der Waals surface area contributed by atoms with Gasteiger partial charge in [0.05, 0.1) is 36.2 Å². The smallest absolute Gasteiger partial charge is 0.255 e. The number of aliphatic imine (C=N–C) groups is 1. The highest BCUT2D eigenvalue weighted by molar-refractivity contribution is 6.06. The molecular weight excluding hydrogens is 347 g/mol. The molecule has 0 aliphatic rings. The lowest BCUT2D eigenvalue weighted by atomic mass is 10.1. The first kappa shape index (κ1) is 20.4. The molecule has 0 fully saturated rings. The summed E-state index contributed by atoms with van der Waals surface area (Å²) in [4.78, 5) is 21.2. The molecule has 0 aliphatic carbocycles. The van der Waals surface area contributed by atoms with Gasteiger partial charge in [0.2, 0.25) is 0 Å². The molecule has 1 amide bonds. The Morgan fingerprint density at radius 2 is 2.22 bits per heavy atom. The Hall–Kier alpha value is -2.96. The Morgan fingerprint density at radius 1 is 1.48 bits per heavy atom. The van der Waals surface area contributed by atoms with E-state index in [0.29, 0.717) is 17.6 Å². The molecule has 2 aromatic heterocycles. The number of aryl methyl sites for hydroxylation is 1. The molecular formula is C20H25FN4O2. The van der Waals surface area contributed by atoms with Crippen molar-refractivity contribution >= 4 is 22.7 Å². The van der Waals surface area contributed by atoms with Crippen molar-refractivity contribution in [2.75, 3.05) is 20.3 Å². The zero-order valence-electron chi connectivity index (χ0n) is 16.2. The van der Waals surface area contributed by atoms with E-state index in [1.54, 1.807) is 19.5 Å². The van der Waals surface area contributed by atoms with Gasteiger partial charge in [0, 0.05) is 30.7 Å². The van der Waals surface area contributed by atoms with E-state index in [1.165, 1.54) is 6.20 Å². The third-order valence-electron chi connectivity index (χ3n) is 4.31. The van der Waals surface area contributed by atoms with Gasteiger partial charge >= 0.3 is 0 Å². The molecule has 1 N–H and O–H groups in total. The summed E-state index contributed by atoms with van der Waals surface area (Å²) in [6, 6.07) is 1.96. The topological polar surface area (TPSA) is 68.5 Å². The second-order valence-corrected chi connectivity index (χ2v) is 6.14. The predicted octanol–water partition coefficient (Wildman–Crippen LogP) is 3.57. The van der Waals surface area contributed by atoms with Gasteiger partial charge in [-0.2, -0.15) is 0 Å². The number of carbonyl (C=O) groups is 1. The van der Waals surface area contributed by atoms with Crippen LogP contribution in [0.5, 0.6) is 0 Å². The number of halogens is 1. The standard InChI is InChI=1S/C20H25FN4O2/c1-6-22-17(14(3)15(4)27-5)12-25-11-16(20(26)23-8-7-21)19-18(25)9-13(2)10-24-19/h6,9-11H,1,7-8,12H2,2-5H3,(H,23,26)/b15-14+,22-17?. The van der Waals surface area contributed by atoms with Crippen LogP contribution in [0.1, 0.15) is 29.8 Å². The van der Waals surface area contributed by atoms with Crippen molar-refractivity contribution in [3.05, 3.63) is 53.7 Å². The number of fused-ring (bicyclic) bond motifs is 1. The first-order chi connectivity index (χ1) is 12.9. The van der Waals surface area contributed by atoms with Gasteiger partial charge in [-0.15, -0.1) is 0 Å². The maximum Gasteiger partial charge on any atom is 0.255 e. The van der Waals surface area contributed by atoms with Crippen LogP contribution in [-0.4, -0.2) is 41.5 Å². The highest BCUT2D eigenvalue weighted by Crippen LogP contribution is 2.22. The third-order valence-corrected chi connectivity index (χ3v) is 4.31. The van der Waals surface area contributed by atoms with E-state index in [9.17, 15) is 9.18 Å². The largest absolute Gasteiger partial charge is 0.501 e. The summed E-state index contributed by atoms with van der Waals surface area (Å²) >= 11 is 0. The van der Waals surface area contributed by atoms with Crippen molar-refractivity contribution in [2.24, 2.45) is 4.99 Å². The fourth-order valence-corrected chi connectivity index (χ4v) is 2.70. The van der Waals surface area contributed by atoms with Crippen molar-refractivity contribution in [3.63, 3.8) is 0 Å². The summed E-state index contributed by atoms with van der Waals surface area (Å²) in [6.07, 6.45) is 4.90. The van der Waals surface area contributed by atoms with Gasteiger partial charge in [-0.25, -0.2) is 4.39 Å². The van der Waals surface area contributed by atoms with Crippen LogP contribution >= 0.6 is 0 Å². The molecule has 6 nitrogen and oxygen atoms in total. The SMILES string of the molecule is C=CN=C(Cn1cc(C(=O)NCCF)c2ncc(C)cc21)/C(C)=C(\C)OC. The second-order valence-electron chi connectivity index (χ2n) is 6.14. The molecule has 7 heteroatoms. The summed E-state index contributed by atoms with van der Waals surface area (Å²) in [6.45, 7) is 9.17. The second kappa shape index (κ2) is 9.12. The number of hydrogen-bond acceptors (Lipinski definition) is 4. The highest BCUT2D eigenvalue weighted by atomic mass is 19.1. The van der Waals surface area contributed by atoms with Gasteiger partial charge in [-0.05, 0) is 32.4 Å². The zero-order valence-corrected chi connectivity index (χ0v) is 16.2. The van der Waals surface area contributed by atoms with E-state index < -0.39 is 6.67 Å². The van der Waals surface area contributed by atoms with E-state index in [2.05, 4.69) is 21.9 Å². The van der Waals surface area contributed by atoms with Crippen molar-refractivity contribution in [3.8, 4) is 0 Å². The molecule has 0 radical (unpaired) electrons. The number of carbonyl (C=O) groups excluding carboxylic acids is 1. The summed E-state index contributed by atoms with van der Waals surface area (Å²) in [5.41, 5.74) is 4.41.